The number of nitrogens with zero attached hydrogens (tertiary/aromatic N) is 3. The van der Waals surface area contributed by atoms with Crippen molar-refractivity contribution < 1.29 is 31.1 Å². The smallest absolute Gasteiger partial charge is 0.383 e. The Hall–Kier alpha value is -1.69. The Kier molecular flexibility index (Phi) is 9.22. The van der Waals surface area contributed by atoms with Crippen LogP contribution < -0.4 is 0 Å². The van der Waals surface area contributed by atoms with Crippen LogP contribution in [0.4, 0.5) is 13.2 Å². The number of hydrogen-bond acceptors (Lipinski definition) is 5. The summed E-state index contributed by atoms with van der Waals surface area (Å²) in [5.74, 6) is 0.00999. The summed E-state index contributed by atoms with van der Waals surface area (Å²) in [6.45, 7) is 7.68. The molecule has 0 bridgehead atoms. The lowest BCUT2D eigenvalue weighted by molar-refractivity contribution is -0.139. The van der Waals surface area contributed by atoms with Crippen LogP contribution in [-0.2, 0) is 25.7 Å². The minimum Gasteiger partial charge on any atom is -0.383 e. The summed E-state index contributed by atoms with van der Waals surface area (Å²) in [5, 5.41) is 0. The number of piperazine rings is 1. The number of carbonyl (C=O) groups excluding carboxylic acids is 1. The number of ether oxygens (including phenoxy) is 1. The Morgan fingerprint density at radius 2 is 1.63 bits per heavy atom. The largest absolute Gasteiger partial charge is 0.416 e. The molecule has 1 heterocycles. The van der Waals surface area contributed by atoms with E-state index in [-0.39, 0.29) is 35.9 Å². The van der Waals surface area contributed by atoms with E-state index >= 15 is 0 Å². The van der Waals surface area contributed by atoms with Gasteiger partial charge in [-0.3, -0.25) is 9.69 Å². The topological polar surface area (TPSA) is 70.2 Å². The van der Waals surface area contributed by atoms with Crippen molar-refractivity contribution in [2.24, 2.45) is 5.92 Å². The fraction of sp³-hybridized carbons (Fsp3) is 0.708. The van der Waals surface area contributed by atoms with Crippen molar-refractivity contribution in [2.75, 3.05) is 46.4 Å². The van der Waals surface area contributed by atoms with Crippen LogP contribution >= 0.6 is 0 Å². The second-order valence-corrected chi connectivity index (χ2v) is 11.5. The lowest BCUT2D eigenvalue weighted by Gasteiger charge is -2.40. The molecule has 1 aliphatic heterocycles. The quantitative estimate of drug-likeness (QED) is 0.526. The summed E-state index contributed by atoms with van der Waals surface area (Å²) in [4.78, 5) is 17.2. The molecule has 0 atom stereocenters. The molecule has 0 radical (unpaired) electrons. The number of methoxy groups -OCH3 is 1. The molecule has 0 aromatic heterocycles. The van der Waals surface area contributed by atoms with Gasteiger partial charge in [0.15, 0.2) is 0 Å². The molecule has 0 N–H and O–H groups in total. The summed E-state index contributed by atoms with van der Waals surface area (Å²) < 4.78 is 71.9. The molecule has 0 spiro atoms. The fourth-order valence-corrected chi connectivity index (χ4v) is 6.63. The lowest BCUT2D eigenvalue weighted by atomic mass is 9.85. The third-order valence-electron chi connectivity index (χ3n) is 7.11. The van der Waals surface area contributed by atoms with Crippen molar-refractivity contribution >= 4 is 15.9 Å². The highest BCUT2D eigenvalue weighted by molar-refractivity contribution is 7.89. The van der Waals surface area contributed by atoms with Crippen molar-refractivity contribution in [3.8, 4) is 0 Å². The highest BCUT2D eigenvalue weighted by Crippen LogP contribution is 2.34. The zero-order chi connectivity index (χ0) is 25.8. The number of hydrogen-bond donors (Lipinski definition) is 0. The first kappa shape index (κ1) is 27.9. The highest BCUT2D eigenvalue weighted by atomic mass is 32.2. The number of halogens is 3. The number of alkyl halides is 3. The van der Waals surface area contributed by atoms with Crippen LogP contribution in [0.3, 0.4) is 0 Å². The average molecular weight is 520 g/mol. The van der Waals surface area contributed by atoms with Crippen molar-refractivity contribution in [3.05, 3.63) is 29.8 Å². The first-order chi connectivity index (χ1) is 16.4. The van der Waals surface area contributed by atoms with Crippen LogP contribution in [0.25, 0.3) is 0 Å². The van der Waals surface area contributed by atoms with Gasteiger partial charge in [0.25, 0.3) is 0 Å². The maximum atomic E-state index is 13.4. The summed E-state index contributed by atoms with van der Waals surface area (Å²) in [5.41, 5.74) is -0.895. The Morgan fingerprint density at radius 3 is 2.11 bits per heavy atom. The second kappa shape index (κ2) is 11.6. The summed E-state index contributed by atoms with van der Waals surface area (Å²) in [7, 11) is -2.55. The molecule has 1 aliphatic carbocycles. The standard InChI is InChI=1S/C24H36F3N3O4S/c1-18(2)28-12-14-29(15-13-28)23(31)19-4-8-21(9-5-19)30(16-17-34-3)35(32,33)22-10-6-20(7-11-22)24(25,26)27/h6-7,10-11,18-19,21H,4-5,8-9,12-17H2,1-3H3. The number of sulfonamides is 1. The maximum absolute atomic E-state index is 13.4. The van der Waals surface area contributed by atoms with Gasteiger partial charge in [-0.1, -0.05) is 0 Å². The first-order valence-corrected chi connectivity index (χ1v) is 13.6. The summed E-state index contributed by atoms with van der Waals surface area (Å²) >= 11 is 0. The van der Waals surface area contributed by atoms with Crippen LogP contribution in [0.15, 0.2) is 29.2 Å². The zero-order valence-electron chi connectivity index (χ0n) is 20.6. The molecule has 7 nitrogen and oxygen atoms in total. The molecular formula is C24H36F3N3O4S. The molecule has 1 saturated carbocycles. The third-order valence-corrected chi connectivity index (χ3v) is 9.08. The van der Waals surface area contributed by atoms with Gasteiger partial charge in [0.1, 0.15) is 0 Å². The minimum atomic E-state index is -4.54. The van der Waals surface area contributed by atoms with Gasteiger partial charge in [0.2, 0.25) is 15.9 Å². The Morgan fingerprint density at radius 1 is 1.06 bits per heavy atom. The maximum Gasteiger partial charge on any atom is 0.416 e. The van der Waals surface area contributed by atoms with Gasteiger partial charge in [0.05, 0.1) is 17.1 Å². The van der Waals surface area contributed by atoms with Crippen molar-refractivity contribution in [3.63, 3.8) is 0 Å². The summed E-state index contributed by atoms with van der Waals surface area (Å²) in [6, 6.07) is 3.70. The van der Waals surface area contributed by atoms with Gasteiger partial charge in [-0.05, 0) is 63.8 Å². The molecule has 2 fully saturated rings. The van der Waals surface area contributed by atoms with Crippen molar-refractivity contribution in [1.29, 1.82) is 0 Å². The van der Waals surface area contributed by atoms with Crippen LogP contribution in [0, 0.1) is 5.92 Å². The minimum absolute atomic E-state index is 0.0975. The molecule has 2 aliphatic rings. The molecular weight excluding hydrogens is 483 g/mol. The zero-order valence-corrected chi connectivity index (χ0v) is 21.4. The predicted octanol–water partition coefficient (Wildman–Crippen LogP) is 3.45. The molecule has 11 heteroatoms. The van der Waals surface area contributed by atoms with Gasteiger partial charge in [-0.15, -0.1) is 0 Å². The van der Waals surface area contributed by atoms with Crippen LogP contribution in [0.2, 0.25) is 0 Å². The Balaban J connectivity index is 1.66. The van der Waals surface area contributed by atoms with E-state index in [1.165, 1.54) is 11.4 Å². The molecule has 198 valence electrons. The highest BCUT2D eigenvalue weighted by Gasteiger charge is 2.38. The summed E-state index contributed by atoms with van der Waals surface area (Å²) in [6.07, 6.45) is -2.33. The molecule has 35 heavy (non-hydrogen) atoms. The van der Waals surface area contributed by atoms with E-state index in [0.29, 0.717) is 44.8 Å². The average Bonchev–Trinajstić information content (AvgIpc) is 2.83. The normalized spacial score (nSPS) is 22.7. The van der Waals surface area contributed by atoms with Gasteiger partial charge < -0.3 is 9.64 Å². The van der Waals surface area contributed by atoms with Gasteiger partial charge in [0, 0.05) is 57.8 Å². The fourth-order valence-electron chi connectivity index (χ4n) is 4.96. The Bertz CT molecular complexity index is 938. The van der Waals surface area contributed by atoms with Crippen LogP contribution in [-0.4, -0.2) is 87.0 Å². The van der Waals surface area contributed by atoms with Gasteiger partial charge in [-0.2, -0.15) is 17.5 Å². The molecule has 1 aromatic carbocycles. The SMILES string of the molecule is COCCN(C1CCC(C(=O)N2CCN(C(C)C)CC2)CC1)S(=O)(=O)c1ccc(C(F)(F)F)cc1. The van der Waals surface area contributed by atoms with E-state index in [2.05, 4.69) is 18.7 Å². The molecule has 0 unspecified atom stereocenters. The molecule has 1 saturated heterocycles. The van der Waals surface area contributed by atoms with Crippen LogP contribution in [0.5, 0.6) is 0 Å². The van der Waals surface area contributed by atoms with E-state index in [0.717, 1.165) is 37.4 Å². The number of amides is 1. The molecule has 1 amide bonds. The van der Waals surface area contributed by atoms with E-state index in [9.17, 15) is 26.4 Å². The Labute approximate surface area is 206 Å². The van der Waals surface area contributed by atoms with Gasteiger partial charge >= 0.3 is 6.18 Å². The van der Waals surface area contributed by atoms with Gasteiger partial charge in [-0.25, -0.2) is 8.42 Å². The van der Waals surface area contributed by atoms with E-state index in [1.54, 1.807) is 0 Å². The number of benzene rings is 1. The predicted molar refractivity (Wildman–Crippen MR) is 126 cm³/mol. The third kappa shape index (κ3) is 6.75. The molecule has 3 rings (SSSR count). The van der Waals surface area contributed by atoms with E-state index in [4.69, 9.17) is 4.74 Å². The monoisotopic (exact) mass is 519 g/mol. The van der Waals surface area contributed by atoms with E-state index in [1.807, 2.05) is 4.90 Å². The van der Waals surface area contributed by atoms with Crippen LogP contribution in [0.1, 0.15) is 45.1 Å². The number of carbonyl (C=O) groups is 1. The first-order valence-electron chi connectivity index (χ1n) is 12.2. The lowest BCUT2D eigenvalue weighted by Crippen LogP contribution is -2.52. The van der Waals surface area contributed by atoms with Crippen molar-refractivity contribution in [2.45, 2.75) is 62.7 Å². The second-order valence-electron chi connectivity index (χ2n) is 9.59. The molecule has 1 aromatic rings. The van der Waals surface area contributed by atoms with Crippen molar-refractivity contribution in [1.82, 2.24) is 14.1 Å². The number of rotatable bonds is 8. The van der Waals surface area contributed by atoms with E-state index < -0.39 is 21.8 Å².